The highest BCUT2D eigenvalue weighted by Gasteiger charge is 2.03. The van der Waals surface area contributed by atoms with Gasteiger partial charge in [0.15, 0.2) is 0 Å². The summed E-state index contributed by atoms with van der Waals surface area (Å²) in [6, 6.07) is 5.57. The maximum Gasteiger partial charge on any atom is 0.328 e. The molecule has 0 aliphatic carbocycles. The predicted octanol–water partition coefficient (Wildman–Crippen LogP) is 3.76. The summed E-state index contributed by atoms with van der Waals surface area (Å²) < 4.78 is 18.5. The van der Waals surface area contributed by atoms with Crippen LogP contribution in [0.25, 0.3) is 6.08 Å². The van der Waals surface area contributed by atoms with Crippen LogP contribution in [0, 0.1) is 5.82 Å². The molecular formula is C14H9ClFNO3. The van der Waals surface area contributed by atoms with Crippen LogP contribution in [0.3, 0.4) is 0 Å². The second kappa shape index (κ2) is 6.16. The lowest BCUT2D eigenvalue weighted by Gasteiger charge is -2.06. The Bertz CT molecular complexity index is 673. The lowest BCUT2D eigenvalue weighted by Crippen LogP contribution is -1.89. The summed E-state index contributed by atoms with van der Waals surface area (Å²) in [7, 11) is 0. The Kier molecular flexibility index (Phi) is 4.32. The largest absolute Gasteiger partial charge is 0.478 e. The number of carboxylic acids is 1. The van der Waals surface area contributed by atoms with Crippen LogP contribution in [0.4, 0.5) is 4.39 Å². The van der Waals surface area contributed by atoms with Crippen LogP contribution < -0.4 is 4.74 Å². The number of nitrogens with zero attached hydrogens (tertiary/aromatic N) is 1. The van der Waals surface area contributed by atoms with Gasteiger partial charge in [-0.2, -0.15) is 0 Å². The van der Waals surface area contributed by atoms with Crippen LogP contribution in [0.2, 0.25) is 5.02 Å². The summed E-state index contributed by atoms with van der Waals surface area (Å²) in [6.07, 6.45) is 5.33. The highest BCUT2D eigenvalue weighted by molar-refractivity contribution is 6.30. The molecule has 102 valence electrons. The number of hydrogen-bond donors (Lipinski definition) is 1. The average molecular weight is 294 g/mol. The van der Waals surface area contributed by atoms with Crippen molar-refractivity contribution in [1.29, 1.82) is 0 Å². The predicted molar refractivity (Wildman–Crippen MR) is 72.4 cm³/mol. The topological polar surface area (TPSA) is 59.4 Å². The zero-order valence-corrected chi connectivity index (χ0v) is 10.8. The lowest BCUT2D eigenvalue weighted by atomic mass is 10.2. The molecule has 0 unspecified atom stereocenters. The van der Waals surface area contributed by atoms with Gasteiger partial charge >= 0.3 is 5.97 Å². The Balaban J connectivity index is 2.19. The van der Waals surface area contributed by atoms with Crippen molar-refractivity contribution < 1.29 is 19.0 Å². The quantitative estimate of drug-likeness (QED) is 0.872. The lowest BCUT2D eigenvalue weighted by molar-refractivity contribution is -0.131. The SMILES string of the molecule is O=C(O)/C=C/c1cncc(Oc2ccc(F)c(Cl)c2)c1. The van der Waals surface area contributed by atoms with E-state index in [1.54, 1.807) is 6.07 Å². The van der Waals surface area contributed by atoms with Crippen molar-refractivity contribution in [3.63, 3.8) is 0 Å². The Hall–Kier alpha value is -2.40. The van der Waals surface area contributed by atoms with E-state index in [0.717, 1.165) is 6.08 Å². The highest BCUT2D eigenvalue weighted by Crippen LogP contribution is 2.26. The van der Waals surface area contributed by atoms with Gasteiger partial charge in [-0.3, -0.25) is 4.98 Å². The number of ether oxygens (including phenoxy) is 1. The molecule has 0 amide bonds. The number of aliphatic carboxylic acids is 1. The van der Waals surface area contributed by atoms with E-state index in [9.17, 15) is 9.18 Å². The molecule has 0 atom stereocenters. The average Bonchev–Trinajstić information content (AvgIpc) is 2.41. The van der Waals surface area contributed by atoms with Crippen LogP contribution >= 0.6 is 11.6 Å². The first-order valence-corrected chi connectivity index (χ1v) is 5.91. The van der Waals surface area contributed by atoms with Crippen molar-refractivity contribution in [3.8, 4) is 11.5 Å². The van der Waals surface area contributed by atoms with Gasteiger partial charge < -0.3 is 9.84 Å². The molecule has 6 heteroatoms. The van der Waals surface area contributed by atoms with Crippen molar-refractivity contribution in [3.05, 3.63) is 59.1 Å². The molecule has 0 radical (unpaired) electrons. The van der Waals surface area contributed by atoms with E-state index in [2.05, 4.69) is 4.98 Å². The maximum absolute atomic E-state index is 13.0. The molecular weight excluding hydrogens is 285 g/mol. The van der Waals surface area contributed by atoms with Crippen molar-refractivity contribution in [1.82, 2.24) is 4.98 Å². The van der Waals surface area contributed by atoms with E-state index in [-0.39, 0.29) is 5.02 Å². The summed E-state index contributed by atoms with van der Waals surface area (Å²) >= 11 is 5.65. The van der Waals surface area contributed by atoms with Crippen LogP contribution in [0.1, 0.15) is 5.56 Å². The van der Waals surface area contributed by atoms with E-state index in [1.165, 1.54) is 36.7 Å². The van der Waals surface area contributed by atoms with Gasteiger partial charge in [-0.1, -0.05) is 11.6 Å². The summed E-state index contributed by atoms with van der Waals surface area (Å²) in [5, 5.41) is 8.50. The molecule has 0 bridgehead atoms. The van der Waals surface area contributed by atoms with Gasteiger partial charge in [0.1, 0.15) is 17.3 Å². The number of rotatable bonds is 4. The van der Waals surface area contributed by atoms with Gasteiger partial charge in [0.05, 0.1) is 11.2 Å². The molecule has 2 rings (SSSR count). The maximum atomic E-state index is 13.0. The standard InChI is InChI=1S/C14H9ClFNO3/c15-12-6-10(2-3-13(12)16)20-11-5-9(7-17-8-11)1-4-14(18)19/h1-8H,(H,18,19)/b4-1+. The third-order valence-electron chi connectivity index (χ3n) is 2.28. The summed E-state index contributed by atoms with van der Waals surface area (Å²) in [4.78, 5) is 14.4. The molecule has 1 aromatic carbocycles. The minimum Gasteiger partial charge on any atom is -0.478 e. The molecule has 0 aliphatic rings. The second-order valence-electron chi connectivity index (χ2n) is 3.80. The summed E-state index contributed by atoms with van der Waals surface area (Å²) in [5.41, 5.74) is 0.568. The van der Waals surface area contributed by atoms with Crippen LogP contribution in [-0.4, -0.2) is 16.1 Å². The number of hydrogen-bond acceptors (Lipinski definition) is 3. The first kappa shape index (κ1) is 14.0. The zero-order chi connectivity index (χ0) is 14.5. The Morgan fingerprint density at radius 2 is 2.10 bits per heavy atom. The number of carbonyl (C=O) groups is 1. The second-order valence-corrected chi connectivity index (χ2v) is 4.21. The third-order valence-corrected chi connectivity index (χ3v) is 2.57. The first-order valence-electron chi connectivity index (χ1n) is 5.53. The van der Waals surface area contributed by atoms with E-state index in [1.807, 2.05) is 0 Å². The Morgan fingerprint density at radius 3 is 2.80 bits per heavy atom. The molecule has 0 saturated carbocycles. The molecule has 0 spiro atoms. The van der Waals surface area contributed by atoms with Crippen LogP contribution in [0.15, 0.2) is 42.7 Å². The van der Waals surface area contributed by atoms with Gasteiger partial charge in [-0.05, 0) is 29.8 Å². The normalized spacial score (nSPS) is 10.7. The third kappa shape index (κ3) is 3.80. The van der Waals surface area contributed by atoms with Gasteiger partial charge in [0, 0.05) is 18.3 Å². The van der Waals surface area contributed by atoms with Crippen molar-refractivity contribution >= 4 is 23.6 Å². The van der Waals surface area contributed by atoms with Crippen LogP contribution in [0.5, 0.6) is 11.5 Å². The molecule has 0 aliphatic heterocycles. The molecule has 1 N–H and O–H groups in total. The number of benzene rings is 1. The highest BCUT2D eigenvalue weighted by atomic mass is 35.5. The zero-order valence-electron chi connectivity index (χ0n) is 10.1. The van der Waals surface area contributed by atoms with Crippen molar-refractivity contribution in [2.45, 2.75) is 0 Å². The molecule has 20 heavy (non-hydrogen) atoms. The number of halogens is 2. The summed E-state index contributed by atoms with van der Waals surface area (Å²) in [5.74, 6) is -0.838. The van der Waals surface area contributed by atoms with Gasteiger partial charge in [0.2, 0.25) is 0 Å². The van der Waals surface area contributed by atoms with Crippen molar-refractivity contribution in [2.75, 3.05) is 0 Å². The molecule has 2 aromatic rings. The minimum atomic E-state index is -1.05. The fraction of sp³-hybridized carbons (Fsp3) is 0. The van der Waals surface area contributed by atoms with Gasteiger partial charge in [-0.15, -0.1) is 0 Å². The van der Waals surface area contributed by atoms with E-state index in [0.29, 0.717) is 17.1 Å². The number of carboxylic acid groups (broad SMARTS) is 1. The Morgan fingerprint density at radius 1 is 1.30 bits per heavy atom. The summed E-state index contributed by atoms with van der Waals surface area (Å²) in [6.45, 7) is 0. The molecule has 0 fully saturated rings. The van der Waals surface area contributed by atoms with E-state index >= 15 is 0 Å². The number of pyridine rings is 1. The van der Waals surface area contributed by atoms with Gasteiger partial charge in [-0.25, -0.2) is 9.18 Å². The number of aromatic nitrogens is 1. The van der Waals surface area contributed by atoms with Crippen molar-refractivity contribution in [2.24, 2.45) is 0 Å². The monoisotopic (exact) mass is 293 g/mol. The Labute approximate surface area is 119 Å². The minimum absolute atomic E-state index is 0.0441. The van der Waals surface area contributed by atoms with E-state index < -0.39 is 11.8 Å². The first-order chi connectivity index (χ1) is 9.54. The molecule has 1 heterocycles. The molecule has 4 nitrogen and oxygen atoms in total. The smallest absolute Gasteiger partial charge is 0.328 e. The van der Waals surface area contributed by atoms with Crippen LogP contribution in [-0.2, 0) is 4.79 Å². The fourth-order valence-corrected chi connectivity index (χ4v) is 1.60. The molecule has 1 aromatic heterocycles. The van der Waals surface area contributed by atoms with Gasteiger partial charge in [0.25, 0.3) is 0 Å². The van der Waals surface area contributed by atoms with E-state index in [4.69, 9.17) is 21.4 Å². The fourth-order valence-electron chi connectivity index (χ4n) is 1.43. The molecule has 0 saturated heterocycles.